The van der Waals surface area contributed by atoms with Crippen molar-refractivity contribution in [1.82, 2.24) is 20.4 Å². The molecule has 0 saturated carbocycles. The summed E-state index contributed by atoms with van der Waals surface area (Å²) < 4.78 is 10.7. The van der Waals surface area contributed by atoms with Crippen LogP contribution in [0.5, 0.6) is 0 Å². The Kier molecular flexibility index (Phi) is 6.08. The maximum absolute atomic E-state index is 12.2. The molecule has 1 N–H and O–H groups in total. The number of hydrogen-bond donors (Lipinski definition) is 1. The number of benzene rings is 1. The molecule has 7 nitrogen and oxygen atoms in total. The fourth-order valence-electron chi connectivity index (χ4n) is 2.43. The second-order valence-corrected chi connectivity index (χ2v) is 6.76. The van der Waals surface area contributed by atoms with Crippen molar-refractivity contribution in [3.63, 3.8) is 0 Å². The van der Waals surface area contributed by atoms with Gasteiger partial charge >= 0.3 is 0 Å². The smallest absolute Gasteiger partial charge is 0.284 e. The maximum atomic E-state index is 12.2. The highest BCUT2D eigenvalue weighted by Gasteiger charge is 2.16. The number of likely N-dealkylation sites (N-methyl/N-ethyl adjacent to an activating group) is 1. The quantitative estimate of drug-likeness (QED) is 0.609. The van der Waals surface area contributed by atoms with Crippen LogP contribution in [-0.4, -0.2) is 47.4 Å². The van der Waals surface area contributed by atoms with Gasteiger partial charge in [0.25, 0.3) is 11.1 Å². The predicted molar refractivity (Wildman–Crippen MR) is 98.6 cm³/mol. The summed E-state index contributed by atoms with van der Waals surface area (Å²) in [6, 6.07) is 13.7. The molecule has 0 radical (unpaired) electrons. The van der Waals surface area contributed by atoms with Crippen LogP contribution in [0.2, 0.25) is 0 Å². The SMILES string of the molecule is CN(C)[C@H](CNC(=O)CSc1nnc(-c2ccco2)o1)c1ccccc1. The van der Waals surface area contributed by atoms with Crippen molar-refractivity contribution < 1.29 is 13.6 Å². The van der Waals surface area contributed by atoms with Gasteiger partial charge in [0.15, 0.2) is 5.76 Å². The molecule has 1 aromatic carbocycles. The Balaban J connectivity index is 1.49. The predicted octanol–water partition coefficient (Wildman–Crippen LogP) is 2.84. The third-order valence-corrected chi connectivity index (χ3v) is 4.58. The second-order valence-electron chi connectivity index (χ2n) is 5.83. The zero-order valence-electron chi connectivity index (χ0n) is 14.6. The maximum Gasteiger partial charge on any atom is 0.284 e. The Morgan fingerprint density at radius 2 is 2.00 bits per heavy atom. The van der Waals surface area contributed by atoms with E-state index in [4.69, 9.17) is 8.83 Å². The minimum absolute atomic E-state index is 0.0875. The van der Waals surface area contributed by atoms with E-state index in [-0.39, 0.29) is 17.7 Å². The number of rotatable bonds is 8. The minimum atomic E-state index is -0.0875. The first kappa shape index (κ1) is 18.2. The van der Waals surface area contributed by atoms with Crippen LogP contribution in [0.25, 0.3) is 11.7 Å². The summed E-state index contributed by atoms with van der Waals surface area (Å²) in [5.74, 6) is 0.921. The van der Waals surface area contributed by atoms with Crippen LogP contribution in [0.4, 0.5) is 0 Å². The zero-order valence-corrected chi connectivity index (χ0v) is 15.4. The van der Waals surface area contributed by atoms with Gasteiger partial charge in [-0.05, 0) is 31.8 Å². The van der Waals surface area contributed by atoms with Crippen molar-refractivity contribution in [3.05, 3.63) is 54.3 Å². The number of nitrogens with zero attached hydrogens (tertiary/aromatic N) is 3. The molecule has 26 heavy (non-hydrogen) atoms. The number of amides is 1. The molecule has 3 aromatic rings. The lowest BCUT2D eigenvalue weighted by Gasteiger charge is -2.25. The number of carbonyl (C=O) groups is 1. The van der Waals surface area contributed by atoms with Gasteiger partial charge < -0.3 is 19.1 Å². The van der Waals surface area contributed by atoms with Gasteiger partial charge in [0.2, 0.25) is 5.91 Å². The van der Waals surface area contributed by atoms with E-state index in [0.29, 0.717) is 23.4 Å². The van der Waals surface area contributed by atoms with E-state index >= 15 is 0 Å². The van der Waals surface area contributed by atoms with Crippen LogP contribution < -0.4 is 5.32 Å². The Bertz CT molecular complexity index is 818. The normalized spacial score (nSPS) is 12.3. The first-order chi connectivity index (χ1) is 12.6. The molecule has 0 bridgehead atoms. The summed E-state index contributed by atoms with van der Waals surface area (Å²) in [6.07, 6.45) is 1.54. The molecule has 136 valence electrons. The molecule has 0 aliphatic carbocycles. The van der Waals surface area contributed by atoms with Crippen molar-refractivity contribution in [2.24, 2.45) is 0 Å². The van der Waals surface area contributed by atoms with Gasteiger partial charge in [-0.25, -0.2) is 0 Å². The first-order valence-electron chi connectivity index (χ1n) is 8.11. The molecule has 0 fully saturated rings. The van der Waals surface area contributed by atoms with Crippen molar-refractivity contribution in [3.8, 4) is 11.7 Å². The van der Waals surface area contributed by atoms with Gasteiger partial charge in [-0.15, -0.1) is 10.2 Å². The molecular formula is C18H20N4O3S. The van der Waals surface area contributed by atoms with Gasteiger partial charge in [0, 0.05) is 6.54 Å². The van der Waals surface area contributed by atoms with Crippen molar-refractivity contribution >= 4 is 17.7 Å². The van der Waals surface area contributed by atoms with Gasteiger partial charge in [-0.3, -0.25) is 4.79 Å². The highest BCUT2D eigenvalue weighted by atomic mass is 32.2. The van der Waals surface area contributed by atoms with E-state index in [9.17, 15) is 4.79 Å². The van der Waals surface area contributed by atoms with Crippen molar-refractivity contribution in [1.29, 1.82) is 0 Å². The number of thioether (sulfide) groups is 1. The molecule has 3 rings (SSSR count). The van der Waals surface area contributed by atoms with E-state index in [1.165, 1.54) is 18.0 Å². The number of aromatic nitrogens is 2. The van der Waals surface area contributed by atoms with Crippen LogP contribution >= 0.6 is 11.8 Å². The topological polar surface area (TPSA) is 84.4 Å². The molecule has 0 spiro atoms. The van der Waals surface area contributed by atoms with Crippen LogP contribution in [0, 0.1) is 0 Å². The molecule has 1 atom stereocenters. The summed E-state index contributed by atoms with van der Waals surface area (Å²) in [5.41, 5.74) is 1.16. The third kappa shape index (κ3) is 4.74. The molecule has 0 aliphatic heterocycles. The van der Waals surface area contributed by atoms with Crippen LogP contribution in [-0.2, 0) is 4.79 Å². The average molecular weight is 372 g/mol. The fraction of sp³-hybridized carbons (Fsp3) is 0.278. The molecule has 8 heteroatoms. The second kappa shape index (κ2) is 8.68. The number of furan rings is 1. The Labute approximate surface area is 155 Å². The van der Waals surface area contributed by atoms with Gasteiger partial charge in [0.1, 0.15) is 0 Å². The van der Waals surface area contributed by atoms with Crippen molar-refractivity contribution in [2.75, 3.05) is 26.4 Å². The Morgan fingerprint density at radius 1 is 1.19 bits per heavy atom. The number of carbonyl (C=O) groups excluding carboxylic acids is 1. The van der Waals surface area contributed by atoms with Crippen molar-refractivity contribution in [2.45, 2.75) is 11.3 Å². The van der Waals surface area contributed by atoms with E-state index in [2.05, 4.69) is 32.5 Å². The average Bonchev–Trinajstić information content (AvgIpc) is 3.32. The van der Waals surface area contributed by atoms with Gasteiger partial charge in [0.05, 0.1) is 18.1 Å². The highest BCUT2D eigenvalue weighted by molar-refractivity contribution is 7.99. The van der Waals surface area contributed by atoms with Crippen LogP contribution in [0.1, 0.15) is 11.6 Å². The molecule has 2 heterocycles. The lowest BCUT2D eigenvalue weighted by atomic mass is 10.1. The van der Waals surface area contributed by atoms with Gasteiger partial charge in [-0.1, -0.05) is 42.1 Å². The summed E-state index contributed by atoms with van der Waals surface area (Å²) in [4.78, 5) is 14.2. The molecule has 0 saturated heterocycles. The van der Waals surface area contributed by atoms with E-state index in [1.807, 2.05) is 32.3 Å². The monoisotopic (exact) mass is 372 g/mol. The Morgan fingerprint density at radius 3 is 2.69 bits per heavy atom. The standard InChI is InChI=1S/C18H20N4O3S/c1-22(2)14(13-7-4-3-5-8-13)11-19-16(23)12-26-18-21-20-17(25-18)15-9-6-10-24-15/h3-10,14H,11-12H2,1-2H3,(H,19,23)/t14-/m1/s1. The summed E-state index contributed by atoms with van der Waals surface area (Å²) in [6.45, 7) is 0.526. The lowest BCUT2D eigenvalue weighted by Crippen LogP contribution is -2.35. The fourth-order valence-corrected chi connectivity index (χ4v) is 3.02. The van der Waals surface area contributed by atoms with E-state index < -0.39 is 0 Å². The Hall–Kier alpha value is -2.58. The van der Waals surface area contributed by atoms with Crippen LogP contribution in [0.3, 0.4) is 0 Å². The third-order valence-electron chi connectivity index (χ3n) is 3.77. The number of nitrogens with one attached hydrogen (secondary N) is 1. The summed E-state index contributed by atoms with van der Waals surface area (Å²) in [7, 11) is 3.99. The van der Waals surface area contributed by atoms with Crippen LogP contribution in [0.15, 0.2) is 62.8 Å². The largest absolute Gasteiger partial charge is 0.459 e. The van der Waals surface area contributed by atoms with E-state index in [0.717, 1.165) is 5.56 Å². The molecule has 0 aliphatic rings. The molecule has 2 aromatic heterocycles. The highest BCUT2D eigenvalue weighted by Crippen LogP contribution is 2.23. The molecular weight excluding hydrogens is 352 g/mol. The molecule has 0 unspecified atom stereocenters. The van der Waals surface area contributed by atoms with Gasteiger partial charge in [-0.2, -0.15) is 0 Å². The molecule has 1 amide bonds. The summed E-state index contributed by atoms with van der Waals surface area (Å²) in [5, 5.41) is 11.1. The number of hydrogen-bond acceptors (Lipinski definition) is 7. The first-order valence-corrected chi connectivity index (χ1v) is 9.10. The zero-order chi connectivity index (χ0) is 18.4. The summed E-state index contributed by atoms with van der Waals surface area (Å²) >= 11 is 1.19. The lowest BCUT2D eigenvalue weighted by molar-refractivity contribution is -0.118. The minimum Gasteiger partial charge on any atom is -0.459 e. The van der Waals surface area contributed by atoms with E-state index in [1.54, 1.807) is 12.1 Å².